The third-order valence-electron chi connectivity index (χ3n) is 2.03. The molecule has 2 nitrogen and oxygen atoms in total. The predicted molar refractivity (Wildman–Crippen MR) is 55.7 cm³/mol. The maximum absolute atomic E-state index is 12.6. The molecule has 0 aliphatic carbocycles. The first-order valence-corrected chi connectivity index (χ1v) is 5.23. The summed E-state index contributed by atoms with van der Waals surface area (Å²) in [7, 11) is 0. The fourth-order valence-electron chi connectivity index (χ4n) is 1.28. The van der Waals surface area contributed by atoms with Gasteiger partial charge in [-0.25, -0.2) is 4.79 Å². The highest BCUT2D eigenvalue weighted by atomic mass is 79.9. The van der Waals surface area contributed by atoms with Gasteiger partial charge in [-0.3, -0.25) is 0 Å². The number of alkyl halides is 4. The van der Waals surface area contributed by atoms with Gasteiger partial charge in [-0.15, -0.1) is 0 Å². The van der Waals surface area contributed by atoms with Gasteiger partial charge >= 0.3 is 12.1 Å². The Balaban J connectivity index is 3.39. The van der Waals surface area contributed by atoms with Gasteiger partial charge in [-0.05, 0) is 24.6 Å². The summed E-state index contributed by atoms with van der Waals surface area (Å²) in [6.07, 6.45) is -4.55. The summed E-state index contributed by atoms with van der Waals surface area (Å²) < 4.78 is 37.9. The number of carboxylic acids is 1. The lowest BCUT2D eigenvalue weighted by molar-refractivity contribution is -0.138. The van der Waals surface area contributed by atoms with Crippen LogP contribution < -0.4 is 0 Å². The molecular formula is C10H8BrF3O2. The molecule has 1 N–H and O–H groups in total. The van der Waals surface area contributed by atoms with E-state index in [1.165, 1.54) is 6.07 Å². The number of benzene rings is 1. The highest BCUT2D eigenvalue weighted by Crippen LogP contribution is 2.37. The van der Waals surface area contributed by atoms with Crippen molar-refractivity contribution in [3.63, 3.8) is 0 Å². The van der Waals surface area contributed by atoms with Crippen molar-refractivity contribution in [3.05, 3.63) is 34.9 Å². The summed E-state index contributed by atoms with van der Waals surface area (Å²) in [5.74, 6) is -1.38. The molecule has 0 aliphatic heterocycles. The molecule has 1 aromatic rings. The summed E-state index contributed by atoms with van der Waals surface area (Å²) >= 11 is 3.04. The number of rotatable bonds is 2. The lowest BCUT2D eigenvalue weighted by Gasteiger charge is -2.15. The highest BCUT2D eigenvalue weighted by Gasteiger charge is 2.34. The number of halogens is 4. The quantitative estimate of drug-likeness (QED) is 0.842. The van der Waals surface area contributed by atoms with Gasteiger partial charge < -0.3 is 5.11 Å². The van der Waals surface area contributed by atoms with E-state index in [2.05, 4.69) is 15.9 Å². The number of aromatic carboxylic acids is 1. The van der Waals surface area contributed by atoms with E-state index in [0.29, 0.717) is 6.07 Å². The number of hydrogen-bond donors (Lipinski definition) is 1. The highest BCUT2D eigenvalue weighted by molar-refractivity contribution is 9.09. The Morgan fingerprint density at radius 1 is 1.44 bits per heavy atom. The average molecular weight is 297 g/mol. The van der Waals surface area contributed by atoms with Crippen LogP contribution in [0.2, 0.25) is 0 Å². The molecule has 1 unspecified atom stereocenters. The Kier molecular flexibility index (Phi) is 3.62. The molecule has 0 bridgehead atoms. The first kappa shape index (κ1) is 13.0. The zero-order valence-corrected chi connectivity index (χ0v) is 9.76. The third kappa shape index (κ3) is 2.75. The molecule has 88 valence electrons. The van der Waals surface area contributed by atoms with E-state index in [-0.39, 0.29) is 11.1 Å². The van der Waals surface area contributed by atoms with E-state index in [1.807, 2.05) is 0 Å². The van der Waals surface area contributed by atoms with Gasteiger partial charge in [-0.1, -0.05) is 22.0 Å². The Morgan fingerprint density at radius 2 is 2.00 bits per heavy atom. The van der Waals surface area contributed by atoms with Crippen molar-refractivity contribution in [3.8, 4) is 0 Å². The summed E-state index contributed by atoms with van der Waals surface area (Å²) in [6, 6.07) is 2.98. The van der Waals surface area contributed by atoms with E-state index in [4.69, 9.17) is 5.11 Å². The lowest BCUT2D eigenvalue weighted by atomic mass is 10.0. The average Bonchev–Trinajstić information content (AvgIpc) is 2.15. The molecule has 0 saturated heterocycles. The zero-order valence-electron chi connectivity index (χ0n) is 8.18. The molecular weight excluding hydrogens is 289 g/mol. The van der Waals surface area contributed by atoms with Crippen LogP contribution in [0.4, 0.5) is 13.2 Å². The van der Waals surface area contributed by atoms with Gasteiger partial charge in [-0.2, -0.15) is 13.2 Å². The minimum absolute atomic E-state index is 0.0255. The van der Waals surface area contributed by atoms with Crippen LogP contribution in [0.1, 0.15) is 33.2 Å². The zero-order chi connectivity index (χ0) is 12.5. The van der Waals surface area contributed by atoms with Gasteiger partial charge in [0.2, 0.25) is 0 Å². The molecule has 1 rings (SSSR count). The molecule has 1 aromatic carbocycles. The summed E-state index contributed by atoms with van der Waals surface area (Å²) in [4.78, 5) is 10.1. The van der Waals surface area contributed by atoms with Gasteiger partial charge in [0.05, 0.1) is 11.1 Å². The van der Waals surface area contributed by atoms with Crippen molar-refractivity contribution in [1.29, 1.82) is 0 Å². The van der Waals surface area contributed by atoms with Gasteiger partial charge in [0.1, 0.15) is 0 Å². The molecule has 0 heterocycles. The second kappa shape index (κ2) is 4.45. The van der Waals surface area contributed by atoms with Crippen molar-refractivity contribution in [2.75, 3.05) is 0 Å². The molecule has 16 heavy (non-hydrogen) atoms. The topological polar surface area (TPSA) is 37.3 Å². The Morgan fingerprint density at radius 3 is 2.38 bits per heavy atom. The van der Waals surface area contributed by atoms with Crippen molar-refractivity contribution >= 4 is 21.9 Å². The third-order valence-corrected chi connectivity index (χ3v) is 2.53. The van der Waals surface area contributed by atoms with Crippen LogP contribution in [0.3, 0.4) is 0 Å². The van der Waals surface area contributed by atoms with Crippen molar-refractivity contribution < 1.29 is 23.1 Å². The van der Waals surface area contributed by atoms with Crippen LogP contribution in [0.15, 0.2) is 18.2 Å². The number of carbonyl (C=O) groups is 1. The first-order chi connectivity index (χ1) is 7.23. The van der Waals surface area contributed by atoms with Crippen molar-refractivity contribution in [2.45, 2.75) is 17.9 Å². The Labute approximate surface area is 98.2 Å². The van der Waals surface area contributed by atoms with Crippen molar-refractivity contribution in [2.24, 2.45) is 0 Å². The van der Waals surface area contributed by atoms with E-state index in [1.54, 1.807) is 6.92 Å². The summed E-state index contributed by atoms with van der Waals surface area (Å²) in [5, 5.41) is 8.63. The first-order valence-electron chi connectivity index (χ1n) is 4.32. The van der Waals surface area contributed by atoms with E-state index in [0.717, 1.165) is 6.07 Å². The molecule has 1 atom stereocenters. The van der Waals surface area contributed by atoms with Crippen LogP contribution in [0.25, 0.3) is 0 Å². The summed E-state index contributed by atoms with van der Waals surface area (Å²) in [5.41, 5.74) is -1.27. The second-order valence-electron chi connectivity index (χ2n) is 3.22. The largest absolute Gasteiger partial charge is 0.478 e. The Bertz CT molecular complexity index is 413. The van der Waals surface area contributed by atoms with Crippen LogP contribution in [-0.2, 0) is 6.18 Å². The monoisotopic (exact) mass is 296 g/mol. The summed E-state index contributed by atoms with van der Waals surface area (Å²) in [6.45, 7) is 1.55. The smallest absolute Gasteiger partial charge is 0.416 e. The normalized spacial score (nSPS) is 13.6. The molecule has 0 fully saturated rings. The van der Waals surface area contributed by atoms with E-state index in [9.17, 15) is 18.0 Å². The van der Waals surface area contributed by atoms with E-state index < -0.39 is 22.5 Å². The minimum Gasteiger partial charge on any atom is -0.478 e. The molecule has 0 amide bonds. The maximum atomic E-state index is 12.6. The fraction of sp³-hybridized carbons (Fsp3) is 0.300. The molecule has 0 spiro atoms. The van der Waals surface area contributed by atoms with E-state index >= 15 is 0 Å². The minimum atomic E-state index is -4.55. The maximum Gasteiger partial charge on any atom is 0.416 e. The van der Waals surface area contributed by atoms with Gasteiger partial charge in [0.15, 0.2) is 0 Å². The molecule has 0 aliphatic rings. The number of carboxylic acid groups (broad SMARTS) is 1. The SMILES string of the molecule is CC(Br)c1ccc(C(=O)O)cc1C(F)(F)F. The van der Waals surface area contributed by atoms with Gasteiger partial charge in [0, 0.05) is 4.83 Å². The van der Waals surface area contributed by atoms with Crippen LogP contribution >= 0.6 is 15.9 Å². The van der Waals surface area contributed by atoms with Crippen molar-refractivity contribution in [1.82, 2.24) is 0 Å². The molecule has 0 aromatic heterocycles. The molecule has 0 saturated carbocycles. The molecule has 0 radical (unpaired) electrons. The second-order valence-corrected chi connectivity index (χ2v) is 4.59. The van der Waals surface area contributed by atoms with Crippen LogP contribution in [0, 0.1) is 0 Å². The van der Waals surface area contributed by atoms with Crippen LogP contribution in [0.5, 0.6) is 0 Å². The van der Waals surface area contributed by atoms with Crippen LogP contribution in [-0.4, -0.2) is 11.1 Å². The molecule has 6 heteroatoms. The van der Waals surface area contributed by atoms with Gasteiger partial charge in [0.25, 0.3) is 0 Å². The fourth-order valence-corrected chi connectivity index (χ4v) is 1.68. The predicted octanol–water partition coefficient (Wildman–Crippen LogP) is 3.86. The number of hydrogen-bond acceptors (Lipinski definition) is 1. The standard InChI is InChI=1S/C10H8BrF3O2/c1-5(11)7-3-2-6(9(15)16)4-8(7)10(12,13)14/h2-5H,1H3,(H,15,16). The Hall–Kier alpha value is -1.04. The lowest BCUT2D eigenvalue weighted by Crippen LogP contribution is -2.11.